The van der Waals surface area contributed by atoms with Crippen molar-refractivity contribution in [3.8, 4) is 72.4 Å². The zero-order valence-electron chi connectivity index (χ0n) is 43.3. The second kappa shape index (κ2) is 17.9. The van der Waals surface area contributed by atoms with Crippen LogP contribution in [0.15, 0.2) is 303 Å². The van der Waals surface area contributed by atoms with Crippen LogP contribution in [0.1, 0.15) is 22.3 Å². The normalized spacial score (nSPS) is 12.7. The van der Waals surface area contributed by atoms with Crippen molar-refractivity contribution in [2.75, 3.05) is 4.90 Å². The van der Waals surface area contributed by atoms with Crippen molar-refractivity contribution in [2.24, 2.45) is 0 Å². The van der Waals surface area contributed by atoms with Gasteiger partial charge in [0.25, 0.3) is 0 Å². The highest BCUT2D eigenvalue weighted by molar-refractivity contribution is 6.19. The first-order valence-electron chi connectivity index (χ1n) is 27.4. The van der Waals surface area contributed by atoms with Gasteiger partial charge >= 0.3 is 0 Å². The summed E-state index contributed by atoms with van der Waals surface area (Å²) in [5.41, 5.74) is 26.4. The Balaban J connectivity index is 0.857. The number of fused-ring (bicyclic) bond motifs is 15. The Bertz CT molecular complexity index is 4640. The van der Waals surface area contributed by atoms with Crippen LogP contribution in [0, 0.1) is 0 Å². The molecule has 368 valence electrons. The molecule has 0 atom stereocenters. The van der Waals surface area contributed by atoms with Gasteiger partial charge in [-0.1, -0.05) is 249 Å². The van der Waals surface area contributed by atoms with Gasteiger partial charge in [0.05, 0.1) is 16.4 Å². The lowest BCUT2D eigenvalue weighted by atomic mass is 9.70. The van der Waals surface area contributed by atoms with Crippen molar-refractivity contribution in [3.05, 3.63) is 326 Å². The minimum Gasteiger partial charge on any atom is -0.310 e. The maximum absolute atomic E-state index is 2.49. The SMILES string of the molecule is c1ccc(-c2ccccc2-c2ccccc2-c2ccc(N(c3ccc(-c4ccc5c6ccc7ccccc7c6n(-c6ccccc6)c5c4)cc3)c3ccc4c(c3)C3(c5ccccc5-c5ccccc53)c3ccccc3-4)cc2)cc1. The summed E-state index contributed by atoms with van der Waals surface area (Å²) in [6.07, 6.45) is 0. The molecule has 2 aliphatic rings. The molecule has 1 heterocycles. The highest BCUT2D eigenvalue weighted by atomic mass is 15.1. The Kier molecular flexibility index (Phi) is 10.2. The van der Waals surface area contributed by atoms with E-state index in [9.17, 15) is 0 Å². The summed E-state index contributed by atoms with van der Waals surface area (Å²) in [6, 6.07) is 112. The van der Waals surface area contributed by atoms with E-state index in [1.54, 1.807) is 0 Å². The van der Waals surface area contributed by atoms with Gasteiger partial charge in [0.15, 0.2) is 0 Å². The van der Waals surface area contributed by atoms with Gasteiger partial charge in [-0.15, -0.1) is 0 Å². The third kappa shape index (κ3) is 6.84. The van der Waals surface area contributed by atoms with E-state index in [1.165, 1.54) is 110 Å². The van der Waals surface area contributed by atoms with Crippen molar-refractivity contribution in [2.45, 2.75) is 5.41 Å². The predicted octanol–water partition coefficient (Wildman–Crippen LogP) is 20.4. The molecular formula is C77H50N2. The summed E-state index contributed by atoms with van der Waals surface area (Å²) in [5, 5.41) is 4.98. The van der Waals surface area contributed by atoms with Crippen LogP contribution in [-0.2, 0) is 5.41 Å². The minimum absolute atomic E-state index is 0.471. The lowest BCUT2D eigenvalue weighted by Gasteiger charge is -2.32. The van der Waals surface area contributed by atoms with E-state index < -0.39 is 5.41 Å². The van der Waals surface area contributed by atoms with Gasteiger partial charge < -0.3 is 9.47 Å². The first-order chi connectivity index (χ1) is 39.2. The number of anilines is 3. The monoisotopic (exact) mass is 1000 g/mol. The number of rotatable bonds is 8. The molecule has 0 amide bonds. The predicted molar refractivity (Wildman–Crippen MR) is 331 cm³/mol. The van der Waals surface area contributed by atoms with Crippen molar-refractivity contribution < 1.29 is 0 Å². The van der Waals surface area contributed by atoms with Gasteiger partial charge in [0.1, 0.15) is 0 Å². The minimum atomic E-state index is -0.471. The molecule has 2 heteroatoms. The fourth-order valence-corrected chi connectivity index (χ4v) is 13.6. The summed E-state index contributed by atoms with van der Waals surface area (Å²) in [4.78, 5) is 2.45. The fraction of sp³-hybridized carbons (Fsp3) is 0.0130. The number of hydrogen-bond donors (Lipinski definition) is 0. The Morgan fingerprint density at radius 3 is 1.30 bits per heavy atom. The zero-order chi connectivity index (χ0) is 52.0. The number of benzene rings is 13. The fourth-order valence-electron chi connectivity index (χ4n) is 13.6. The van der Waals surface area contributed by atoms with Crippen molar-refractivity contribution in [3.63, 3.8) is 0 Å². The Morgan fingerprint density at radius 2 is 0.696 bits per heavy atom. The Morgan fingerprint density at radius 1 is 0.253 bits per heavy atom. The molecule has 0 saturated carbocycles. The molecule has 0 bridgehead atoms. The van der Waals surface area contributed by atoms with Crippen LogP contribution in [0.2, 0.25) is 0 Å². The van der Waals surface area contributed by atoms with E-state index in [1.807, 2.05) is 0 Å². The number of nitrogens with zero attached hydrogens (tertiary/aromatic N) is 2. The van der Waals surface area contributed by atoms with Crippen molar-refractivity contribution in [1.82, 2.24) is 4.57 Å². The zero-order valence-corrected chi connectivity index (χ0v) is 43.3. The van der Waals surface area contributed by atoms with Crippen molar-refractivity contribution >= 4 is 49.6 Å². The maximum Gasteiger partial charge on any atom is 0.0726 e. The molecule has 1 aromatic heterocycles. The van der Waals surface area contributed by atoms with Crippen LogP contribution in [-0.4, -0.2) is 4.57 Å². The average Bonchev–Trinajstić information content (AvgIpc) is 3.05. The van der Waals surface area contributed by atoms with Crippen LogP contribution in [0.4, 0.5) is 17.1 Å². The largest absolute Gasteiger partial charge is 0.310 e. The summed E-state index contributed by atoms with van der Waals surface area (Å²) in [6.45, 7) is 0. The number of hydrogen-bond acceptors (Lipinski definition) is 1. The average molecular weight is 1000 g/mol. The number of para-hydroxylation sites is 1. The van der Waals surface area contributed by atoms with E-state index >= 15 is 0 Å². The maximum atomic E-state index is 2.49. The van der Waals surface area contributed by atoms with Crippen LogP contribution in [0.3, 0.4) is 0 Å². The molecule has 2 aliphatic carbocycles. The van der Waals surface area contributed by atoms with Gasteiger partial charge in [-0.25, -0.2) is 0 Å². The number of aromatic nitrogens is 1. The standard InChI is InChI=1S/C77H50N2/c1-3-19-52(20-4-1)60-24-9-11-27-63(60)64-28-12-10-25-61(64)54-37-43-58(44-38-54)78(59-45-48-68-67-31-15-18-34-73(67)77(74(68)50-59)71-32-16-13-29-65(71)66-30-14-17-33-72(66)77)57-41-35-51(36-42-57)55-40-46-69-70-47-39-53-21-7-8-26-62(53)76(70)79(75(69)49-55)56-22-5-2-6-23-56/h1-50H. The molecule has 13 aromatic carbocycles. The van der Waals surface area contributed by atoms with Gasteiger partial charge in [-0.2, -0.15) is 0 Å². The molecule has 0 unspecified atom stereocenters. The molecule has 0 fully saturated rings. The first-order valence-corrected chi connectivity index (χ1v) is 27.4. The summed E-state index contributed by atoms with van der Waals surface area (Å²) in [7, 11) is 0. The van der Waals surface area contributed by atoms with Crippen LogP contribution in [0.5, 0.6) is 0 Å². The van der Waals surface area contributed by atoms with Crippen LogP contribution in [0.25, 0.3) is 105 Å². The molecule has 79 heavy (non-hydrogen) atoms. The third-order valence-electron chi connectivity index (χ3n) is 17.0. The lowest BCUT2D eigenvalue weighted by Crippen LogP contribution is -2.26. The highest BCUT2D eigenvalue weighted by Crippen LogP contribution is 2.63. The van der Waals surface area contributed by atoms with E-state index in [0.717, 1.165) is 33.9 Å². The molecule has 14 aromatic rings. The van der Waals surface area contributed by atoms with E-state index in [0.29, 0.717) is 0 Å². The summed E-state index contributed by atoms with van der Waals surface area (Å²) in [5.74, 6) is 0. The second-order valence-corrected chi connectivity index (χ2v) is 21.1. The van der Waals surface area contributed by atoms with Gasteiger partial charge in [-0.05, 0) is 149 Å². The molecule has 16 rings (SSSR count). The second-order valence-electron chi connectivity index (χ2n) is 21.1. The van der Waals surface area contributed by atoms with Gasteiger partial charge in [-0.3, -0.25) is 0 Å². The molecule has 0 saturated heterocycles. The molecular weight excluding hydrogens is 953 g/mol. The molecule has 0 aliphatic heterocycles. The molecule has 0 radical (unpaired) electrons. The van der Waals surface area contributed by atoms with Gasteiger partial charge in [0, 0.05) is 38.9 Å². The molecule has 1 spiro atoms. The topological polar surface area (TPSA) is 8.17 Å². The van der Waals surface area contributed by atoms with Gasteiger partial charge in [0.2, 0.25) is 0 Å². The lowest BCUT2D eigenvalue weighted by molar-refractivity contribution is 0.793. The van der Waals surface area contributed by atoms with E-state index in [2.05, 4.69) is 313 Å². The summed E-state index contributed by atoms with van der Waals surface area (Å²) >= 11 is 0. The molecule has 2 nitrogen and oxygen atoms in total. The van der Waals surface area contributed by atoms with Crippen LogP contribution < -0.4 is 4.90 Å². The van der Waals surface area contributed by atoms with E-state index in [4.69, 9.17) is 0 Å². The highest BCUT2D eigenvalue weighted by Gasteiger charge is 2.51. The van der Waals surface area contributed by atoms with Crippen molar-refractivity contribution in [1.29, 1.82) is 0 Å². The summed E-state index contributed by atoms with van der Waals surface area (Å²) < 4.78 is 2.46. The Hall–Kier alpha value is -10.3. The third-order valence-corrected chi connectivity index (χ3v) is 17.0. The molecule has 0 N–H and O–H groups in total. The Labute approximate surface area is 460 Å². The smallest absolute Gasteiger partial charge is 0.0726 e. The first kappa shape index (κ1) is 45.0. The van der Waals surface area contributed by atoms with E-state index in [-0.39, 0.29) is 0 Å². The van der Waals surface area contributed by atoms with Crippen LogP contribution >= 0.6 is 0 Å². The quantitative estimate of drug-likeness (QED) is 0.147.